The SMILES string of the molecule is COc1ccccc1Nc1ncccc1C(=O)Nc1n[nH]c(C(F)(F)F)n1. The molecule has 3 rings (SSSR count). The van der Waals surface area contributed by atoms with E-state index in [-0.39, 0.29) is 11.4 Å². The van der Waals surface area contributed by atoms with Crippen molar-refractivity contribution in [3.05, 3.63) is 54.0 Å². The van der Waals surface area contributed by atoms with E-state index in [4.69, 9.17) is 4.74 Å². The first-order valence-corrected chi connectivity index (χ1v) is 7.54. The van der Waals surface area contributed by atoms with Crippen LogP contribution in [0.15, 0.2) is 42.6 Å². The lowest BCUT2D eigenvalue weighted by molar-refractivity contribution is -0.144. The van der Waals surface area contributed by atoms with Gasteiger partial charge in [-0.15, -0.1) is 5.10 Å². The summed E-state index contributed by atoms with van der Waals surface area (Å²) in [4.78, 5) is 19.7. The number of nitrogens with one attached hydrogen (secondary N) is 3. The number of aromatic amines is 1. The molecular weight excluding hydrogens is 365 g/mol. The van der Waals surface area contributed by atoms with Gasteiger partial charge in [-0.05, 0) is 24.3 Å². The maximum absolute atomic E-state index is 12.6. The molecule has 1 amide bonds. The number of carbonyl (C=O) groups is 1. The van der Waals surface area contributed by atoms with Gasteiger partial charge in [-0.25, -0.2) is 4.98 Å². The van der Waals surface area contributed by atoms with Gasteiger partial charge in [0.15, 0.2) is 0 Å². The van der Waals surface area contributed by atoms with E-state index >= 15 is 0 Å². The summed E-state index contributed by atoms with van der Waals surface area (Å²) in [5, 5.41) is 10.2. The van der Waals surface area contributed by atoms with Crippen molar-refractivity contribution >= 4 is 23.4 Å². The van der Waals surface area contributed by atoms with Gasteiger partial charge in [-0.2, -0.15) is 18.2 Å². The Balaban J connectivity index is 1.83. The molecule has 2 heterocycles. The zero-order valence-electron chi connectivity index (χ0n) is 13.8. The number of ether oxygens (including phenoxy) is 1. The van der Waals surface area contributed by atoms with E-state index in [1.165, 1.54) is 25.4 Å². The van der Waals surface area contributed by atoms with Crippen LogP contribution in [0.5, 0.6) is 5.75 Å². The number of alkyl halides is 3. The summed E-state index contributed by atoms with van der Waals surface area (Å²) >= 11 is 0. The molecule has 8 nitrogen and oxygen atoms in total. The smallest absolute Gasteiger partial charge is 0.451 e. The highest BCUT2D eigenvalue weighted by molar-refractivity contribution is 6.07. The van der Waals surface area contributed by atoms with Crippen molar-refractivity contribution in [3.8, 4) is 5.75 Å². The van der Waals surface area contributed by atoms with Gasteiger partial charge in [0, 0.05) is 6.20 Å². The number of benzene rings is 1. The molecule has 0 aliphatic carbocycles. The third kappa shape index (κ3) is 4.14. The fourth-order valence-electron chi connectivity index (χ4n) is 2.18. The molecule has 0 saturated carbocycles. The van der Waals surface area contributed by atoms with Gasteiger partial charge >= 0.3 is 6.18 Å². The Bertz CT molecular complexity index is 957. The molecule has 11 heteroatoms. The monoisotopic (exact) mass is 378 g/mol. The van der Waals surface area contributed by atoms with Crippen molar-refractivity contribution < 1.29 is 22.7 Å². The molecule has 0 fully saturated rings. The molecule has 0 spiro atoms. The Morgan fingerprint density at radius 1 is 1.19 bits per heavy atom. The van der Waals surface area contributed by atoms with Crippen LogP contribution in [0.3, 0.4) is 0 Å². The van der Waals surface area contributed by atoms with Gasteiger partial charge in [-0.1, -0.05) is 12.1 Å². The predicted octanol–water partition coefficient (Wildman–Crippen LogP) is 3.22. The lowest BCUT2D eigenvalue weighted by atomic mass is 10.2. The van der Waals surface area contributed by atoms with Crippen molar-refractivity contribution in [3.63, 3.8) is 0 Å². The van der Waals surface area contributed by atoms with E-state index < -0.39 is 23.9 Å². The Morgan fingerprint density at radius 3 is 2.67 bits per heavy atom. The number of carbonyl (C=O) groups excluding carboxylic acids is 1. The topological polar surface area (TPSA) is 105 Å². The molecule has 140 valence electrons. The first kappa shape index (κ1) is 18.2. The van der Waals surface area contributed by atoms with Crippen molar-refractivity contribution in [1.29, 1.82) is 0 Å². The van der Waals surface area contributed by atoms with Crippen LogP contribution in [-0.4, -0.2) is 33.2 Å². The molecule has 0 aliphatic heterocycles. The summed E-state index contributed by atoms with van der Waals surface area (Å²) in [6, 6.07) is 9.95. The fourth-order valence-corrected chi connectivity index (χ4v) is 2.18. The molecule has 0 unspecified atom stereocenters. The Labute approximate surface area is 150 Å². The average molecular weight is 378 g/mol. The summed E-state index contributed by atoms with van der Waals surface area (Å²) in [6.45, 7) is 0. The van der Waals surface area contributed by atoms with E-state index in [0.29, 0.717) is 11.4 Å². The molecule has 1 aromatic carbocycles. The summed E-state index contributed by atoms with van der Waals surface area (Å²) in [7, 11) is 1.49. The molecule has 0 radical (unpaired) electrons. The highest BCUT2D eigenvalue weighted by Crippen LogP contribution is 2.28. The number of pyridine rings is 1. The highest BCUT2D eigenvalue weighted by atomic mass is 19.4. The number of hydrogen-bond acceptors (Lipinski definition) is 6. The average Bonchev–Trinajstić information content (AvgIpc) is 3.11. The summed E-state index contributed by atoms with van der Waals surface area (Å²) in [5.41, 5.74) is 0.645. The molecule has 3 aromatic rings. The second-order valence-electron chi connectivity index (χ2n) is 5.18. The Kier molecular flexibility index (Phi) is 4.92. The predicted molar refractivity (Wildman–Crippen MR) is 89.9 cm³/mol. The molecule has 0 atom stereocenters. The van der Waals surface area contributed by atoms with Gasteiger partial charge in [0.2, 0.25) is 11.8 Å². The molecule has 2 aromatic heterocycles. The van der Waals surface area contributed by atoms with E-state index in [0.717, 1.165) is 0 Å². The van der Waals surface area contributed by atoms with Crippen LogP contribution in [0.25, 0.3) is 0 Å². The van der Waals surface area contributed by atoms with E-state index in [2.05, 4.69) is 25.7 Å². The zero-order chi connectivity index (χ0) is 19.4. The van der Waals surface area contributed by atoms with Crippen LogP contribution in [0, 0.1) is 0 Å². The lowest BCUT2D eigenvalue weighted by Crippen LogP contribution is -2.16. The van der Waals surface area contributed by atoms with E-state index in [9.17, 15) is 18.0 Å². The van der Waals surface area contributed by atoms with Crippen LogP contribution in [-0.2, 0) is 6.18 Å². The molecule has 0 aliphatic rings. The minimum Gasteiger partial charge on any atom is -0.495 e. The number of hydrogen-bond donors (Lipinski definition) is 3. The molecule has 27 heavy (non-hydrogen) atoms. The van der Waals surface area contributed by atoms with Gasteiger partial charge in [-0.3, -0.25) is 15.2 Å². The number of H-pyrrole nitrogens is 1. The number of aromatic nitrogens is 4. The third-order valence-electron chi connectivity index (χ3n) is 3.39. The normalized spacial score (nSPS) is 11.1. The summed E-state index contributed by atoms with van der Waals surface area (Å²) < 4.78 is 42.9. The van der Waals surface area contributed by atoms with E-state index in [1.54, 1.807) is 29.4 Å². The number of methoxy groups -OCH3 is 1. The van der Waals surface area contributed by atoms with Gasteiger partial charge in [0.05, 0.1) is 18.4 Å². The highest BCUT2D eigenvalue weighted by Gasteiger charge is 2.35. The number of nitrogens with zero attached hydrogens (tertiary/aromatic N) is 3. The van der Waals surface area contributed by atoms with Crippen molar-refractivity contribution in [2.75, 3.05) is 17.7 Å². The van der Waals surface area contributed by atoms with Crippen molar-refractivity contribution in [1.82, 2.24) is 20.2 Å². The third-order valence-corrected chi connectivity index (χ3v) is 3.39. The second-order valence-corrected chi connectivity index (χ2v) is 5.18. The zero-order valence-corrected chi connectivity index (χ0v) is 13.8. The van der Waals surface area contributed by atoms with Crippen LogP contribution in [0.2, 0.25) is 0 Å². The maximum atomic E-state index is 12.6. The quantitative estimate of drug-likeness (QED) is 0.630. The minimum atomic E-state index is -4.69. The Hall–Kier alpha value is -3.63. The molecule has 3 N–H and O–H groups in total. The summed E-state index contributed by atoms with van der Waals surface area (Å²) in [5.74, 6) is -1.83. The number of rotatable bonds is 5. The standard InChI is InChI=1S/C16H13F3N6O2/c1-27-11-7-3-2-6-10(11)21-12-9(5-4-8-20-12)13(26)22-15-23-14(24-25-15)16(17,18)19/h2-8H,1H3,(H,20,21)(H2,22,23,24,25,26). The Morgan fingerprint density at radius 2 is 1.96 bits per heavy atom. The van der Waals surface area contributed by atoms with Gasteiger partial charge in [0.25, 0.3) is 5.91 Å². The van der Waals surface area contributed by atoms with Crippen molar-refractivity contribution in [2.24, 2.45) is 0 Å². The molecule has 0 bridgehead atoms. The van der Waals surface area contributed by atoms with Gasteiger partial charge < -0.3 is 10.1 Å². The first-order valence-electron chi connectivity index (χ1n) is 7.54. The summed E-state index contributed by atoms with van der Waals surface area (Å²) in [6.07, 6.45) is -3.23. The number of para-hydroxylation sites is 2. The van der Waals surface area contributed by atoms with Crippen LogP contribution < -0.4 is 15.4 Å². The number of anilines is 3. The molecular formula is C16H13F3N6O2. The fraction of sp³-hybridized carbons (Fsp3) is 0.125. The number of halogens is 3. The molecule has 0 saturated heterocycles. The van der Waals surface area contributed by atoms with Crippen LogP contribution in [0.1, 0.15) is 16.2 Å². The van der Waals surface area contributed by atoms with Crippen LogP contribution >= 0.6 is 0 Å². The van der Waals surface area contributed by atoms with Crippen LogP contribution in [0.4, 0.5) is 30.6 Å². The first-order chi connectivity index (χ1) is 12.9. The number of amides is 1. The second kappa shape index (κ2) is 7.32. The largest absolute Gasteiger partial charge is 0.495 e. The van der Waals surface area contributed by atoms with Gasteiger partial charge in [0.1, 0.15) is 11.6 Å². The van der Waals surface area contributed by atoms with E-state index in [1.807, 2.05) is 0 Å². The minimum absolute atomic E-state index is 0.0850. The van der Waals surface area contributed by atoms with Crippen molar-refractivity contribution in [2.45, 2.75) is 6.18 Å². The maximum Gasteiger partial charge on any atom is 0.451 e. The lowest BCUT2D eigenvalue weighted by Gasteiger charge is -2.12.